The summed E-state index contributed by atoms with van der Waals surface area (Å²) in [5, 5.41) is 10.3. The number of hydrogen-bond donors (Lipinski definition) is 1. The lowest BCUT2D eigenvalue weighted by Gasteiger charge is -2.24. The first-order valence-corrected chi connectivity index (χ1v) is 8.57. The van der Waals surface area contributed by atoms with Crippen LogP contribution in [0.5, 0.6) is 0 Å². The first-order chi connectivity index (χ1) is 13.1. The Morgan fingerprint density at radius 3 is 2.41 bits per heavy atom. The average Bonchev–Trinajstić information content (AvgIpc) is 3.31. The van der Waals surface area contributed by atoms with Gasteiger partial charge in [-0.3, -0.25) is 4.90 Å². The van der Waals surface area contributed by atoms with Crippen molar-refractivity contribution in [1.29, 1.82) is 0 Å². The Hall–Kier alpha value is -2.48. The van der Waals surface area contributed by atoms with Crippen LogP contribution >= 0.6 is 0 Å². The van der Waals surface area contributed by atoms with E-state index in [-0.39, 0.29) is 26.3 Å². The SMILES string of the molecule is O[C@H](COCc1ccco1)CN(Cc1ccco1)Cc1ccc(F)cc1F. The van der Waals surface area contributed by atoms with E-state index in [1.807, 2.05) is 4.90 Å². The van der Waals surface area contributed by atoms with E-state index in [9.17, 15) is 13.9 Å². The molecule has 0 fully saturated rings. The number of benzene rings is 1. The van der Waals surface area contributed by atoms with Crippen LogP contribution in [0, 0.1) is 11.6 Å². The van der Waals surface area contributed by atoms with Crippen molar-refractivity contribution in [3.63, 3.8) is 0 Å². The van der Waals surface area contributed by atoms with Crippen molar-refractivity contribution in [2.45, 2.75) is 25.8 Å². The van der Waals surface area contributed by atoms with Crippen molar-refractivity contribution < 1.29 is 27.5 Å². The van der Waals surface area contributed by atoms with Crippen molar-refractivity contribution in [3.8, 4) is 0 Å². The second-order valence-corrected chi connectivity index (χ2v) is 6.23. The molecule has 0 aliphatic heterocycles. The Morgan fingerprint density at radius 2 is 1.74 bits per heavy atom. The highest BCUT2D eigenvalue weighted by atomic mass is 19.1. The Kier molecular flexibility index (Phi) is 6.75. The third-order valence-corrected chi connectivity index (χ3v) is 3.97. The van der Waals surface area contributed by atoms with Gasteiger partial charge in [0.05, 0.1) is 31.8 Å². The molecule has 0 radical (unpaired) electrons. The number of halogens is 2. The molecular weight excluding hydrogens is 356 g/mol. The fourth-order valence-corrected chi connectivity index (χ4v) is 2.74. The van der Waals surface area contributed by atoms with Crippen LogP contribution in [0.3, 0.4) is 0 Å². The molecule has 0 aliphatic carbocycles. The molecule has 2 aromatic heterocycles. The molecule has 0 spiro atoms. The molecule has 0 saturated carbocycles. The van der Waals surface area contributed by atoms with Gasteiger partial charge in [-0.2, -0.15) is 0 Å². The Bertz CT molecular complexity index is 806. The van der Waals surface area contributed by atoms with Crippen molar-refractivity contribution in [2.75, 3.05) is 13.2 Å². The minimum Gasteiger partial charge on any atom is -0.468 e. The molecule has 0 amide bonds. The normalized spacial score (nSPS) is 12.6. The van der Waals surface area contributed by atoms with Gasteiger partial charge in [0.15, 0.2) is 0 Å². The van der Waals surface area contributed by atoms with Crippen LogP contribution in [-0.2, 0) is 24.4 Å². The van der Waals surface area contributed by atoms with Crippen molar-refractivity contribution in [1.82, 2.24) is 4.90 Å². The maximum Gasteiger partial charge on any atom is 0.130 e. The number of ether oxygens (including phenoxy) is 1. The number of hydrogen-bond acceptors (Lipinski definition) is 5. The standard InChI is InChI=1S/C20H21F2NO4/c21-16-6-5-15(20(22)9-16)10-23(12-18-3-1-7-26-18)11-17(24)13-25-14-19-4-2-8-27-19/h1-9,17,24H,10-14H2/t17-/m0/s1. The van der Waals surface area contributed by atoms with Crippen LogP contribution in [0.25, 0.3) is 0 Å². The molecule has 2 heterocycles. The molecule has 1 aromatic carbocycles. The summed E-state index contributed by atoms with van der Waals surface area (Å²) in [7, 11) is 0. The van der Waals surface area contributed by atoms with E-state index in [0.717, 1.165) is 6.07 Å². The monoisotopic (exact) mass is 377 g/mol. The number of nitrogens with zero attached hydrogens (tertiary/aromatic N) is 1. The summed E-state index contributed by atoms with van der Waals surface area (Å²) in [6, 6.07) is 10.6. The predicted octanol–water partition coefficient (Wildman–Crippen LogP) is 3.73. The molecule has 1 atom stereocenters. The number of aliphatic hydroxyl groups excluding tert-OH is 1. The van der Waals surface area contributed by atoms with Crippen LogP contribution < -0.4 is 0 Å². The van der Waals surface area contributed by atoms with Gasteiger partial charge in [0.2, 0.25) is 0 Å². The lowest BCUT2D eigenvalue weighted by atomic mass is 10.1. The van der Waals surface area contributed by atoms with Gasteiger partial charge in [-0.15, -0.1) is 0 Å². The number of aliphatic hydroxyl groups is 1. The lowest BCUT2D eigenvalue weighted by Crippen LogP contribution is -2.34. The minimum atomic E-state index is -0.793. The summed E-state index contributed by atoms with van der Waals surface area (Å²) in [6.45, 7) is 1.16. The Morgan fingerprint density at radius 1 is 1.00 bits per heavy atom. The summed E-state index contributed by atoms with van der Waals surface area (Å²) >= 11 is 0. The van der Waals surface area contributed by atoms with E-state index in [4.69, 9.17) is 13.6 Å². The molecule has 0 unspecified atom stereocenters. The molecule has 3 aromatic rings. The largest absolute Gasteiger partial charge is 0.468 e. The lowest BCUT2D eigenvalue weighted by molar-refractivity contribution is 0.00147. The molecule has 7 heteroatoms. The summed E-state index contributed by atoms with van der Waals surface area (Å²) < 4.78 is 43.1. The Balaban J connectivity index is 1.58. The van der Waals surface area contributed by atoms with Crippen LogP contribution in [-0.4, -0.2) is 29.3 Å². The maximum atomic E-state index is 14.0. The number of furan rings is 2. The number of rotatable bonds is 10. The summed E-state index contributed by atoms with van der Waals surface area (Å²) in [5.74, 6) is 0.104. The minimum absolute atomic E-state index is 0.0985. The molecule has 1 N–H and O–H groups in total. The van der Waals surface area contributed by atoms with Gasteiger partial charge in [0.25, 0.3) is 0 Å². The van der Waals surface area contributed by atoms with E-state index in [2.05, 4.69) is 0 Å². The van der Waals surface area contributed by atoms with Gasteiger partial charge < -0.3 is 18.7 Å². The van der Waals surface area contributed by atoms with Gasteiger partial charge in [0.1, 0.15) is 29.8 Å². The molecule has 5 nitrogen and oxygen atoms in total. The zero-order chi connectivity index (χ0) is 19.1. The summed E-state index contributed by atoms with van der Waals surface area (Å²) in [5.41, 5.74) is 0.340. The zero-order valence-electron chi connectivity index (χ0n) is 14.7. The second-order valence-electron chi connectivity index (χ2n) is 6.23. The van der Waals surface area contributed by atoms with E-state index >= 15 is 0 Å². The average molecular weight is 377 g/mol. The molecule has 3 rings (SSSR count). The van der Waals surface area contributed by atoms with E-state index in [1.54, 1.807) is 36.8 Å². The van der Waals surface area contributed by atoms with E-state index in [0.29, 0.717) is 23.6 Å². The quantitative estimate of drug-likeness (QED) is 0.583. The second kappa shape index (κ2) is 9.45. The predicted molar refractivity (Wildman–Crippen MR) is 93.6 cm³/mol. The fourth-order valence-electron chi connectivity index (χ4n) is 2.74. The van der Waals surface area contributed by atoms with E-state index in [1.165, 1.54) is 12.1 Å². The smallest absolute Gasteiger partial charge is 0.130 e. The van der Waals surface area contributed by atoms with Crippen LogP contribution in [0.15, 0.2) is 63.8 Å². The molecule has 0 bridgehead atoms. The van der Waals surface area contributed by atoms with Crippen molar-refractivity contribution in [3.05, 3.63) is 83.7 Å². The van der Waals surface area contributed by atoms with Crippen LogP contribution in [0.1, 0.15) is 17.1 Å². The highest BCUT2D eigenvalue weighted by Gasteiger charge is 2.16. The van der Waals surface area contributed by atoms with Crippen molar-refractivity contribution >= 4 is 0 Å². The zero-order valence-corrected chi connectivity index (χ0v) is 14.7. The maximum absolute atomic E-state index is 14.0. The topological polar surface area (TPSA) is 59.0 Å². The van der Waals surface area contributed by atoms with Gasteiger partial charge in [-0.05, 0) is 30.3 Å². The first kappa shape index (κ1) is 19.3. The molecule has 0 aliphatic rings. The molecule has 0 saturated heterocycles. The third kappa shape index (κ3) is 6.02. The molecular formula is C20H21F2NO4. The van der Waals surface area contributed by atoms with Gasteiger partial charge in [0, 0.05) is 24.7 Å². The van der Waals surface area contributed by atoms with Gasteiger partial charge >= 0.3 is 0 Å². The summed E-state index contributed by atoms with van der Waals surface area (Å²) in [6.07, 6.45) is 2.31. The van der Waals surface area contributed by atoms with Gasteiger partial charge in [-0.1, -0.05) is 6.07 Å². The molecule has 144 valence electrons. The van der Waals surface area contributed by atoms with Crippen molar-refractivity contribution in [2.24, 2.45) is 0 Å². The third-order valence-electron chi connectivity index (χ3n) is 3.97. The highest BCUT2D eigenvalue weighted by molar-refractivity contribution is 5.18. The fraction of sp³-hybridized carbons (Fsp3) is 0.300. The first-order valence-electron chi connectivity index (χ1n) is 8.57. The highest BCUT2D eigenvalue weighted by Crippen LogP contribution is 2.15. The van der Waals surface area contributed by atoms with Gasteiger partial charge in [-0.25, -0.2) is 8.78 Å². The Labute approximate surface area is 155 Å². The summed E-state index contributed by atoms with van der Waals surface area (Å²) in [4.78, 5) is 1.82. The van der Waals surface area contributed by atoms with Crippen LogP contribution in [0.2, 0.25) is 0 Å². The molecule has 27 heavy (non-hydrogen) atoms. The van der Waals surface area contributed by atoms with Crippen LogP contribution in [0.4, 0.5) is 8.78 Å². The van der Waals surface area contributed by atoms with E-state index < -0.39 is 17.7 Å².